The smallest absolute Gasteiger partial charge is 0.137 e. The zero-order chi connectivity index (χ0) is 40.3. The van der Waals surface area contributed by atoms with Gasteiger partial charge in [0.05, 0.1) is 22.2 Å². The molecule has 12 rings (SSSR count). The first-order chi connectivity index (χ1) is 30.3. The van der Waals surface area contributed by atoms with Crippen LogP contribution < -0.4 is 4.90 Å². The molecule has 2 nitrogen and oxygen atoms in total. The average Bonchev–Trinajstić information content (AvgIpc) is 3.86. The fraction of sp³-hybridized carbons (Fsp3) is 0.0847. The maximum Gasteiger partial charge on any atom is 0.137 e. The van der Waals surface area contributed by atoms with E-state index in [1.807, 2.05) is 0 Å². The molecule has 1 heterocycles. The number of hydrogen-bond acceptors (Lipinski definition) is 2. The third-order valence-electron chi connectivity index (χ3n) is 13.4. The van der Waals surface area contributed by atoms with Crippen molar-refractivity contribution in [1.29, 1.82) is 0 Å². The van der Waals surface area contributed by atoms with Crippen LogP contribution in [-0.2, 0) is 18.3 Å². The lowest BCUT2D eigenvalue weighted by atomic mass is 9.67. The van der Waals surface area contributed by atoms with Crippen molar-refractivity contribution >= 4 is 39.0 Å². The van der Waals surface area contributed by atoms with E-state index in [-0.39, 0.29) is 0 Å². The fourth-order valence-electron chi connectivity index (χ4n) is 10.7. The first-order valence-electron chi connectivity index (χ1n) is 21.6. The molecule has 10 aromatic rings. The summed E-state index contributed by atoms with van der Waals surface area (Å²) < 4.78 is 6.62. The molecule has 9 aromatic carbocycles. The molecule has 0 spiro atoms. The second-order valence-corrected chi connectivity index (χ2v) is 16.6. The molecule has 0 saturated carbocycles. The second-order valence-electron chi connectivity index (χ2n) is 16.6. The number of anilines is 3. The second kappa shape index (κ2) is 14.4. The van der Waals surface area contributed by atoms with Crippen LogP contribution in [0.15, 0.2) is 217 Å². The van der Waals surface area contributed by atoms with Crippen molar-refractivity contribution < 1.29 is 4.42 Å². The van der Waals surface area contributed by atoms with Crippen LogP contribution in [0.5, 0.6) is 0 Å². The quantitative estimate of drug-likeness (QED) is 0.160. The maximum absolute atomic E-state index is 6.62. The van der Waals surface area contributed by atoms with Gasteiger partial charge < -0.3 is 9.32 Å². The number of rotatable bonds is 7. The van der Waals surface area contributed by atoms with Crippen molar-refractivity contribution in [2.24, 2.45) is 0 Å². The topological polar surface area (TPSA) is 16.4 Å². The van der Waals surface area contributed by atoms with Crippen LogP contribution in [-0.4, -0.2) is 0 Å². The number of para-hydroxylation sites is 1. The zero-order valence-corrected chi connectivity index (χ0v) is 33.9. The van der Waals surface area contributed by atoms with Gasteiger partial charge in [-0.15, -0.1) is 0 Å². The van der Waals surface area contributed by atoms with Gasteiger partial charge in [-0.2, -0.15) is 0 Å². The summed E-state index contributed by atoms with van der Waals surface area (Å²) in [4.78, 5) is 2.53. The Hall–Kier alpha value is -7.42. The normalized spacial score (nSPS) is 13.8. The van der Waals surface area contributed by atoms with Crippen molar-refractivity contribution in [3.63, 3.8) is 0 Å². The summed E-state index contributed by atoms with van der Waals surface area (Å²) in [6, 6.07) is 78.4. The highest BCUT2D eigenvalue weighted by Gasteiger charge is 2.47. The Morgan fingerprint density at radius 2 is 1.03 bits per heavy atom. The standard InChI is InChI=1S/C59H43NO/c1-4-18-40(19-5-1)41-34-36-45(37-35-41)60(54-31-17-33-57-58(54)49-28-13-15-32-56(49)61-57)55-39-53-50(38-51(55)47-29-16-21-42-20-10-11-26-46(42)47)48-27-12-14-30-52(48)59(53,43-22-6-2-7-23-43)44-24-8-3-9-25-44/h1-9,12-19,21-25,27-39H,10-11,20,26H2. The highest BCUT2D eigenvalue weighted by molar-refractivity contribution is 6.14. The predicted octanol–water partition coefficient (Wildman–Crippen LogP) is 15.6. The molecule has 0 amide bonds. The highest BCUT2D eigenvalue weighted by atomic mass is 16.3. The minimum atomic E-state index is -0.560. The maximum atomic E-state index is 6.62. The van der Waals surface area contributed by atoms with E-state index in [4.69, 9.17) is 4.42 Å². The van der Waals surface area contributed by atoms with E-state index in [0.717, 1.165) is 51.8 Å². The molecular weight excluding hydrogens is 739 g/mol. The number of furan rings is 1. The van der Waals surface area contributed by atoms with Crippen molar-refractivity contribution in [2.75, 3.05) is 4.90 Å². The van der Waals surface area contributed by atoms with Gasteiger partial charge in [0.15, 0.2) is 0 Å². The van der Waals surface area contributed by atoms with Gasteiger partial charge in [-0.3, -0.25) is 0 Å². The van der Waals surface area contributed by atoms with Gasteiger partial charge in [0.1, 0.15) is 11.2 Å². The van der Waals surface area contributed by atoms with Crippen molar-refractivity contribution in [3.05, 3.63) is 246 Å². The molecule has 61 heavy (non-hydrogen) atoms. The first-order valence-corrected chi connectivity index (χ1v) is 21.6. The van der Waals surface area contributed by atoms with Gasteiger partial charge >= 0.3 is 0 Å². The molecule has 2 heteroatoms. The lowest BCUT2D eigenvalue weighted by molar-refractivity contribution is 0.669. The molecule has 290 valence electrons. The van der Waals surface area contributed by atoms with E-state index in [1.165, 1.54) is 79.6 Å². The van der Waals surface area contributed by atoms with Crippen LogP contribution >= 0.6 is 0 Å². The Balaban J connectivity index is 1.23. The lowest BCUT2D eigenvalue weighted by Crippen LogP contribution is -2.28. The van der Waals surface area contributed by atoms with Gasteiger partial charge in [0, 0.05) is 16.6 Å². The molecule has 0 radical (unpaired) electrons. The van der Waals surface area contributed by atoms with Crippen LogP contribution in [0.4, 0.5) is 17.1 Å². The summed E-state index contributed by atoms with van der Waals surface area (Å²) in [5.74, 6) is 0. The third-order valence-corrected chi connectivity index (χ3v) is 13.4. The Morgan fingerprint density at radius 1 is 0.410 bits per heavy atom. The molecule has 0 N–H and O–H groups in total. The Kier molecular flexibility index (Phi) is 8.38. The van der Waals surface area contributed by atoms with Crippen LogP contribution in [0, 0.1) is 0 Å². The molecule has 0 unspecified atom stereocenters. The minimum absolute atomic E-state index is 0.560. The van der Waals surface area contributed by atoms with Gasteiger partial charge in [0.2, 0.25) is 0 Å². The SMILES string of the molecule is c1ccc(-c2ccc(N(c3cc4c(cc3-c3cccc5c3CCCC5)-c3ccccc3C4(c3ccccc3)c3ccccc3)c3cccc4oc5ccccc5c34)cc2)cc1. The summed E-state index contributed by atoms with van der Waals surface area (Å²) >= 11 is 0. The van der Waals surface area contributed by atoms with Crippen molar-refractivity contribution in [3.8, 4) is 33.4 Å². The molecule has 0 atom stereocenters. The summed E-state index contributed by atoms with van der Waals surface area (Å²) in [7, 11) is 0. The largest absolute Gasteiger partial charge is 0.456 e. The van der Waals surface area contributed by atoms with E-state index < -0.39 is 5.41 Å². The number of hydrogen-bond donors (Lipinski definition) is 0. The van der Waals surface area contributed by atoms with Crippen molar-refractivity contribution in [2.45, 2.75) is 31.1 Å². The number of benzene rings is 9. The summed E-state index contributed by atoms with van der Waals surface area (Å²) in [5, 5.41) is 2.21. The van der Waals surface area contributed by atoms with E-state index in [1.54, 1.807) is 0 Å². The summed E-state index contributed by atoms with van der Waals surface area (Å²) in [6.45, 7) is 0. The molecule has 0 bridgehead atoms. The van der Waals surface area contributed by atoms with E-state index in [0.29, 0.717) is 0 Å². The lowest BCUT2D eigenvalue weighted by Gasteiger charge is -2.36. The fourth-order valence-corrected chi connectivity index (χ4v) is 10.7. The number of aryl methyl sites for hydroxylation is 1. The van der Waals surface area contributed by atoms with Crippen LogP contribution in [0.3, 0.4) is 0 Å². The van der Waals surface area contributed by atoms with E-state index in [9.17, 15) is 0 Å². The van der Waals surface area contributed by atoms with Crippen LogP contribution in [0.25, 0.3) is 55.3 Å². The average molecular weight is 782 g/mol. The van der Waals surface area contributed by atoms with Crippen LogP contribution in [0.2, 0.25) is 0 Å². The van der Waals surface area contributed by atoms with Gasteiger partial charge in [-0.25, -0.2) is 0 Å². The first kappa shape index (κ1) is 35.5. The zero-order valence-electron chi connectivity index (χ0n) is 33.9. The van der Waals surface area contributed by atoms with Gasteiger partial charge in [0.25, 0.3) is 0 Å². The summed E-state index contributed by atoms with van der Waals surface area (Å²) in [6.07, 6.45) is 4.61. The summed E-state index contributed by atoms with van der Waals surface area (Å²) in [5.41, 5.74) is 20.1. The molecule has 2 aliphatic rings. The number of nitrogens with zero attached hydrogens (tertiary/aromatic N) is 1. The Labute approximate surface area is 357 Å². The Morgan fingerprint density at radius 3 is 1.82 bits per heavy atom. The molecular formula is C59H43NO. The predicted molar refractivity (Wildman–Crippen MR) is 253 cm³/mol. The van der Waals surface area contributed by atoms with Crippen molar-refractivity contribution in [1.82, 2.24) is 0 Å². The molecule has 2 aliphatic carbocycles. The molecule has 1 aromatic heterocycles. The van der Waals surface area contributed by atoms with Gasteiger partial charge in [-0.1, -0.05) is 170 Å². The Bertz CT molecular complexity index is 3200. The molecule has 0 saturated heterocycles. The van der Waals surface area contributed by atoms with Crippen LogP contribution in [0.1, 0.15) is 46.2 Å². The van der Waals surface area contributed by atoms with E-state index >= 15 is 0 Å². The molecule has 0 aliphatic heterocycles. The molecule has 0 fully saturated rings. The van der Waals surface area contributed by atoms with E-state index in [2.05, 4.69) is 217 Å². The highest BCUT2D eigenvalue weighted by Crippen LogP contribution is 2.59. The third kappa shape index (κ3) is 5.56. The van der Waals surface area contributed by atoms with Gasteiger partial charge in [-0.05, 0) is 129 Å². The number of fused-ring (bicyclic) bond motifs is 7. The monoisotopic (exact) mass is 781 g/mol. The minimum Gasteiger partial charge on any atom is -0.456 e.